The Kier molecular flexibility index (Phi) is 6.87. The third kappa shape index (κ3) is 6.37. The summed E-state index contributed by atoms with van der Waals surface area (Å²) in [6.07, 6.45) is -0.458. The molecule has 1 aliphatic rings. The van der Waals surface area contributed by atoms with Crippen LogP contribution in [0.3, 0.4) is 0 Å². The minimum atomic E-state index is -0.741. The van der Waals surface area contributed by atoms with Crippen LogP contribution in [-0.2, 0) is 20.9 Å². The van der Waals surface area contributed by atoms with Crippen molar-refractivity contribution in [3.63, 3.8) is 0 Å². The van der Waals surface area contributed by atoms with E-state index < -0.39 is 23.4 Å². The maximum absolute atomic E-state index is 13.8. The molecule has 2 N–H and O–H groups in total. The molecular weight excluding hydrogens is 415 g/mol. The van der Waals surface area contributed by atoms with E-state index in [0.29, 0.717) is 0 Å². The molecule has 0 fully saturated rings. The van der Waals surface area contributed by atoms with Gasteiger partial charge in [0.25, 0.3) is 5.91 Å². The third-order valence-corrected chi connectivity index (χ3v) is 4.41. The highest BCUT2D eigenvalue weighted by molar-refractivity contribution is 6.43. The van der Waals surface area contributed by atoms with E-state index in [9.17, 15) is 18.8 Å². The summed E-state index contributed by atoms with van der Waals surface area (Å²) in [6, 6.07) is 12.8. The second kappa shape index (κ2) is 9.59. The lowest BCUT2D eigenvalue weighted by atomic mass is 10.1. The molecule has 0 saturated carbocycles. The number of anilines is 2. The van der Waals surface area contributed by atoms with Crippen molar-refractivity contribution in [3.05, 3.63) is 59.9 Å². The Morgan fingerprint density at radius 1 is 1.06 bits per heavy atom. The maximum atomic E-state index is 13.8. The SMILES string of the molecule is CC(C)(C)OC(=O)Nc1ccc(F)cc1NC(=O)C1=NN(Cc2ccccc2)C(=O)CC1. The second-order valence-corrected chi connectivity index (χ2v) is 8.25. The normalized spacial score (nSPS) is 13.9. The van der Waals surface area contributed by atoms with Gasteiger partial charge in [-0.05, 0) is 44.5 Å². The Morgan fingerprint density at radius 2 is 1.78 bits per heavy atom. The number of amides is 3. The van der Waals surface area contributed by atoms with Gasteiger partial charge in [-0.1, -0.05) is 30.3 Å². The summed E-state index contributed by atoms with van der Waals surface area (Å²) in [5, 5.41) is 10.5. The molecule has 0 bridgehead atoms. The van der Waals surface area contributed by atoms with Crippen LogP contribution in [-0.4, -0.2) is 34.2 Å². The van der Waals surface area contributed by atoms with Crippen LogP contribution in [0.5, 0.6) is 0 Å². The summed E-state index contributed by atoms with van der Waals surface area (Å²) in [5.41, 5.74) is 0.505. The molecule has 168 valence electrons. The summed E-state index contributed by atoms with van der Waals surface area (Å²) in [5.74, 6) is -1.38. The molecule has 1 aliphatic heterocycles. The highest BCUT2D eigenvalue weighted by Crippen LogP contribution is 2.24. The monoisotopic (exact) mass is 440 g/mol. The van der Waals surface area contributed by atoms with E-state index in [1.165, 1.54) is 11.1 Å². The number of hydrogen-bond acceptors (Lipinski definition) is 5. The highest BCUT2D eigenvalue weighted by Gasteiger charge is 2.25. The number of hydrogen-bond donors (Lipinski definition) is 2. The number of carbonyl (C=O) groups is 3. The highest BCUT2D eigenvalue weighted by atomic mass is 19.1. The van der Waals surface area contributed by atoms with Gasteiger partial charge in [0.2, 0.25) is 5.91 Å². The van der Waals surface area contributed by atoms with E-state index in [-0.39, 0.29) is 42.4 Å². The number of hydrazone groups is 1. The zero-order valence-corrected chi connectivity index (χ0v) is 18.1. The summed E-state index contributed by atoms with van der Waals surface area (Å²) in [7, 11) is 0. The van der Waals surface area contributed by atoms with E-state index in [2.05, 4.69) is 15.7 Å². The van der Waals surface area contributed by atoms with Crippen molar-refractivity contribution in [2.45, 2.75) is 45.8 Å². The van der Waals surface area contributed by atoms with E-state index in [0.717, 1.165) is 17.7 Å². The number of rotatable bonds is 5. The van der Waals surface area contributed by atoms with E-state index >= 15 is 0 Å². The first-order chi connectivity index (χ1) is 15.1. The van der Waals surface area contributed by atoms with E-state index in [1.54, 1.807) is 20.8 Å². The standard InChI is InChI=1S/C23H25FN4O4/c1-23(2,3)32-22(31)26-17-10-9-16(24)13-19(17)25-21(30)18-11-12-20(29)28(27-18)14-15-7-5-4-6-8-15/h4-10,13H,11-12,14H2,1-3H3,(H,25,30)(H,26,31). The lowest BCUT2D eigenvalue weighted by Gasteiger charge is -2.23. The number of carbonyl (C=O) groups excluding carboxylic acids is 3. The Bertz CT molecular complexity index is 1050. The summed E-state index contributed by atoms with van der Waals surface area (Å²) in [4.78, 5) is 37.1. The quantitative estimate of drug-likeness (QED) is 0.724. The second-order valence-electron chi connectivity index (χ2n) is 8.25. The van der Waals surface area contributed by atoms with Gasteiger partial charge in [-0.15, -0.1) is 0 Å². The smallest absolute Gasteiger partial charge is 0.412 e. The molecule has 0 atom stereocenters. The fraction of sp³-hybridized carbons (Fsp3) is 0.304. The minimum absolute atomic E-state index is 0.0510. The van der Waals surface area contributed by atoms with Gasteiger partial charge in [-0.25, -0.2) is 14.2 Å². The van der Waals surface area contributed by atoms with Crippen molar-refractivity contribution in [2.24, 2.45) is 5.10 Å². The van der Waals surface area contributed by atoms with Crippen molar-refractivity contribution in [3.8, 4) is 0 Å². The lowest BCUT2D eigenvalue weighted by Crippen LogP contribution is -2.36. The third-order valence-electron chi connectivity index (χ3n) is 4.41. The van der Waals surface area contributed by atoms with Crippen molar-refractivity contribution in [2.75, 3.05) is 10.6 Å². The first-order valence-corrected chi connectivity index (χ1v) is 10.1. The van der Waals surface area contributed by atoms with Gasteiger partial charge in [0.15, 0.2) is 0 Å². The first kappa shape index (κ1) is 22.9. The Hall–Kier alpha value is -3.75. The molecule has 3 amide bonds. The maximum Gasteiger partial charge on any atom is 0.412 e. The predicted molar refractivity (Wildman–Crippen MR) is 119 cm³/mol. The molecular formula is C23H25FN4O4. The largest absolute Gasteiger partial charge is 0.444 e. The van der Waals surface area contributed by atoms with Crippen LogP contribution < -0.4 is 10.6 Å². The van der Waals surface area contributed by atoms with Gasteiger partial charge in [-0.3, -0.25) is 14.9 Å². The zero-order chi connectivity index (χ0) is 23.3. The molecule has 2 aromatic carbocycles. The molecule has 9 heteroatoms. The summed E-state index contributed by atoms with van der Waals surface area (Å²) >= 11 is 0. The molecule has 0 aromatic heterocycles. The van der Waals surface area contributed by atoms with Crippen molar-refractivity contribution in [1.82, 2.24) is 5.01 Å². The summed E-state index contributed by atoms with van der Waals surface area (Å²) < 4.78 is 19.0. The molecule has 32 heavy (non-hydrogen) atoms. The van der Waals surface area contributed by atoms with E-state index in [4.69, 9.17) is 4.74 Å². The van der Waals surface area contributed by atoms with Crippen LogP contribution in [0.1, 0.15) is 39.2 Å². The molecule has 0 spiro atoms. The molecule has 3 rings (SSSR count). The van der Waals surface area contributed by atoms with Crippen LogP contribution in [0, 0.1) is 5.82 Å². The average molecular weight is 440 g/mol. The topological polar surface area (TPSA) is 100 Å². The van der Waals surface area contributed by atoms with Gasteiger partial charge in [0.05, 0.1) is 17.9 Å². The molecule has 1 heterocycles. The number of benzene rings is 2. The van der Waals surface area contributed by atoms with Crippen LogP contribution in [0.4, 0.5) is 20.6 Å². The van der Waals surface area contributed by atoms with Gasteiger partial charge < -0.3 is 10.1 Å². The van der Waals surface area contributed by atoms with Crippen LogP contribution in [0.2, 0.25) is 0 Å². The van der Waals surface area contributed by atoms with E-state index in [1.807, 2.05) is 30.3 Å². The van der Waals surface area contributed by atoms with Crippen LogP contribution in [0.15, 0.2) is 53.6 Å². The molecule has 2 aromatic rings. The summed E-state index contributed by atoms with van der Waals surface area (Å²) in [6.45, 7) is 5.37. The van der Waals surface area contributed by atoms with Gasteiger partial charge >= 0.3 is 6.09 Å². The first-order valence-electron chi connectivity index (χ1n) is 10.1. The molecule has 0 saturated heterocycles. The van der Waals surface area contributed by atoms with Crippen molar-refractivity contribution >= 4 is 35.0 Å². The molecule has 0 unspecified atom stereocenters. The number of nitrogens with zero attached hydrogens (tertiary/aromatic N) is 2. The minimum Gasteiger partial charge on any atom is -0.444 e. The lowest BCUT2D eigenvalue weighted by molar-refractivity contribution is -0.132. The Balaban J connectivity index is 1.75. The number of ether oxygens (including phenoxy) is 1. The molecule has 0 aliphatic carbocycles. The van der Waals surface area contributed by atoms with Gasteiger partial charge in [-0.2, -0.15) is 5.10 Å². The van der Waals surface area contributed by atoms with Crippen LogP contribution in [0.25, 0.3) is 0 Å². The fourth-order valence-electron chi connectivity index (χ4n) is 2.98. The molecule has 0 radical (unpaired) electrons. The van der Waals surface area contributed by atoms with Gasteiger partial charge in [0, 0.05) is 12.8 Å². The average Bonchev–Trinajstić information content (AvgIpc) is 2.71. The van der Waals surface area contributed by atoms with Gasteiger partial charge in [0.1, 0.15) is 17.1 Å². The fourth-order valence-corrected chi connectivity index (χ4v) is 2.98. The number of nitrogens with one attached hydrogen (secondary N) is 2. The predicted octanol–water partition coefficient (Wildman–Crippen LogP) is 4.29. The molecule has 8 nitrogen and oxygen atoms in total. The Labute approximate surface area is 185 Å². The van der Waals surface area contributed by atoms with Crippen molar-refractivity contribution in [1.29, 1.82) is 0 Å². The number of halogens is 1. The van der Waals surface area contributed by atoms with Crippen LogP contribution >= 0.6 is 0 Å². The zero-order valence-electron chi connectivity index (χ0n) is 18.1. The van der Waals surface area contributed by atoms with Crippen molar-refractivity contribution < 1.29 is 23.5 Å². The Morgan fingerprint density at radius 3 is 2.47 bits per heavy atom.